The molecule has 0 amide bonds. The smallest absolute Gasteiger partial charge is 0.140 e. The highest BCUT2D eigenvalue weighted by Gasteiger charge is 2.00. The Morgan fingerprint density at radius 2 is 2.21 bits per heavy atom. The molecule has 0 saturated carbocycles. The van der Waals surface area contributed by atoms with Gasteiger partial charge in [0.15, 0.2) is 0 Å². The number of rotatable bonds is 4. The van der Waals surface area contributed by atoms with E-state index in [1.54, 1.807) is 0 Å². The molecule has 1 aromatic heterocycles. The second-order valence-corrected chi connectivity index (χ2v) is 2.97. The number of allylic oxidation sites excluding steroid dienone is 1. The Morgan fingerprint density at radius 1 is 1.43 bits per heavy atom. The summed E-state index contributed by atoms with van der Waals surface area (Å²) in [5.41, 5.74) is 8.12. The van der Waals surface area contributed by atoms with Gasteiger partial charge in [0.05, 0.1) is 5.69 Å². The topological polar surface area (TPSA) is 37.0 Å². The van der Waals surface area contributed by atoms with Gasteiger partial charge in [0.25, 0.3) is 0 Å². The van der Waals surface area contributed by atoms with Crippen LogP contribution in [-0.4, -0.2) is 12.0 Å². The Bertz CT molecular complexity index is 318. The molecule has 0 radical (unpaired) electrons. The van der Waals surface area contributed by atoms with Gasteiger partial charge in [-0.1, -0.05) is 19.1 Å². The van der Waals surface area contributed by atoms with Gasteiger partial charge < -0.3 is 5.43 Å². The zero-order chi connectivity index (χ0) is 10.4. The molecule has 0 saturated heterocycles. The summed E-state index contributed by atoms with van der Waals surface area (Å²) >= 11 is 0. The molecule has 1 aromatic rings. The first kappa shape index (κ1) is 10.7. The van der Waals surface area contributed by atoms with Gasteiger partial charge in [0.1, 0.15) is 5.82 Å². The van der Waals surface area contributed by atoms with Crippen molar-refractivity contribution in [2.24, 2.45) is 0 Å². The third-order valence-corrected chi connectivity index (χ3v) is 1.97. The van der Waals surface area contributed by atoms with E-state index in [2.05, 4.69) is 28.8 Å². The number of nitrogens with zero attached hydrogens (tertiary/aromatic N) is 1. The predicted octanol–water partition coefficient (Wildman–Crippen LogP) is 2.22. The quantitative estimate of drug-likeness (QED) is 0.716. The Hall–Kier alpha value is -1.35. The van der Waals surface area contributed by atoms with Gasteiger partial charge in [-0.05, 0) is 31.1 Å². The van der Waals surface area contributed by atoms with Crippen molar-refractivity contribution in [2.75, 3.05) is 12.5 Å². The summed E-state index contributed by atoms with van der Waals surface area (Å²) in [7, 11) is 1.82. The molecule has 3 heteroatoms. The molecule has 1 heterocycles. The van der Waals surface area contributed by atoms with E-state index >= 15 is 0 Å². The van der Waals surface area contributed by atoms with Crippen LogP contribution in [0.2, 0.25) is 0 Å². The van der Waals surface area contributed by atoms with Crippen LogP contribution in [0.25, 0.3) is 6.08 Å². The minimum Gasteiger partial charge on any atom is -0.306 e. The summed E-state index contributed by atoms with van der Waals surface area (Å²) in [6.45, 7) is 4.13. The molecule has 0 atom stereocenters. The molecule has 0 fully saturated rings. The van der Waals surface area contributed by atoms with E-state index in [-0.39, 0.29) is 0 Å². The molecule has 0 spiro atoms. The van der Waals surface area contributed by atoms with Crippen LogP contribution in [0.3, 0.4) is 0 Å². The SMILES string of the molecule is C/C=C\c1nc(NNC)ccc1CC. The van der Waals surface area contributed by atoms with Gasteiger partial charge in [0.2, 0.25) is 0 Å². The second kappa shape index (κ2) is 5.40. The van der Waals surface area contributed by atoms with Crippen molar-refractivity contribution in [3.05, 3.63) is 29.5 Å². The number of hydrogen-bond donors (Lipinski definition) is 2. The minimum atomic E-state index is 0.845. The molecular formula is C11H17N3. The highest BCUT2D eigenvalue weighted by molar-refractivity contribution is 5.52. The average molecular weight is 191 g/mol. The highest BCUT2D eigenvalue weighted by atomic mass is 15.4. The van der Waals surface area contributed by atoms with E-state index in [1.807, 2.05) is 32.2 Å². The third kappa shape index (κ3) is 2.57. The Labute approximate surface area is 85.2 Å². The normalized spacial score (nSPS) is 10.8. The van der Waals surface area contributed by atoms with Gasteiger partial charge in [-0.2, -0.15) is 0 Å². The van der Waals surface area contributed by atoms with E-state index < -0.39 is 0 Å². The van der Waals surface area contributed by atoms with Gasteiger partial charge >= 0.3 is 0 Å². The van der Waals surface area contributed by atoms with Crippen LogP contribution in [0.1, 0.15) is 25.1 Å². The molecule has 0 aliphatic heterocycles. The van der Waals surface area contributed by atoms with Crippen LogP contribution in [0, 0.1) is 0 Å². The van der Waals surface area contributed by atoms with Gasteiger partial charge in [-0.25, -0.2) is 10.4 Å². The van der Waals surface area contributed by atoms with Crippen LogP contribution in [0.5, 0.6) is 0 Å². The summed E-state index contributed by atoms with van der Waals surface area (Å²) in [4.78, 5) is 4.46. The van der Waals surface area contributed by atoms with E-state index in [0.29, 0.717) is 0 Å². The molecule has 3 nitrogen and oxygen atoms in total. The van der Waals surface area contributed by atoms with E-state index in [4.69, 9.17) is 0 Å². The third-order valence-electron chi connectivity index (χ3n) is 1.97. The summed E-state index contributed by atoms with van der Waals surface area (Å²) in [5, 5.41) is 0. The van der Waals surface area contributed by atoms with Crippen molar-refractivity contribution in [3.8, 4) is 0 Å². The Balaban J connectivity index is 3.00. The predicted molar refractivity (Wildman–Crippen MR) is 61.0 cm³/mol. The van der Waals surface area contributed by atoms with Crippen molar-refractivity contribution < 1.29 is 0 Å². The molecule has 76 valence electrons. The molecule has 0 aliphatic carbocycles. The van der Waals surface area contributed by atoms with Crippen molar-refractivity contribution in [1.82, 2.24) is 10.4 Å². The molecule has 1 rings (SSSR count). The van der Waals surface area contributed by atoms with Crippen molar-refractivity contribution in [3.63, 3.8) is 0 Å². The van der Waals surface area contributed by atoms with Crippen LogP contribution < -0.4 is 10.9 Å². The van der Waals surface area contributed by atoms with E-state index in [0.717, 1.165) is 17.9 Å². The number of nitrogens with one attached hydrogen (secondary N) is 2. The number of aromatic nitrogens is 1. The molecule has 0 aliphatic rings. The maximum Gasteiger partial charge on any atom is 0.140 e. The average Bonchev–Trinajstić information content (AvgIpc) is 2.19. The van der Waals surface area contributed by atoms with Crippen molar-refractivity contribution >= 4 is 11.9 Å². The maximum atomic E-state index is 4.46. The molecule has 0 unspecified atom stereocenters. The number of anilines is 1. The van der Waals surface area contributed by atoms with Gasteiger partial charge in [-0.3, -0.25) is 0 Å². The number of aryl methyl sites for hydroxylation is 1. The molecule has 0 bridgehead atoms. The first-order chi connectivity index (χ1) is 6.81. The van der Waals surface area contributed by atoms with Crippen LogP contribution in [-0.2, 0) is 6.42 Å². The largest absolute Gasteiger partial charge is 0.306 e. The number of pyridine rings is 1. The monoisotopic (exact) mass is 191 g/mol. The van der Waals surface area contributed by atoms with Crippen molar-refractivity contribution in [2.45, 2.75) is 20.3 Å². The summed E-state index contributed by atoms with van der Waals surface area (Å²) in [5.74, 6) is 0.845. The van der Waals surface area contributed by atoms with Crippen LogP contribution >= 0.6 is 0 Å². The summed E-state index contributed by atoms with van der Waals surface area (Å²) in [6.07, 6.45) is 5.04. The lowest BCUT2D eigenvalue weighted by Crippen LogP contribution is -2.16. The Kier molecular flexibility index (Phi) is 4.13. The van der Waals surface area contributed by atoms with Gasteiger partial charge in [0, 0.05) is 7.05 Å². The number of hydrazine groups is 1. The fourth-order valence-electron chi connectivity index (χ4n) is 1.30. The number of hydrogen-bond acceptors (Lipinski definition) is 3. The maximum absolute atomic E-state index is 4.46. The minimum absolute atomic E-state index is 0.845. The molecule has 2 N–H and O–H groups in total. The molecule has 14 heavy (non-hydrogen) atoms. The standard InChI is InChI=1S/C11H17N3/c1-4-6-10-9(5-2)7-8-11(13-10)14-12-3/h4,6-8,12H,5H2,1-3H3,(H,13,14)/b6-4-. The molecule has 0 aromatic carbocycles. The van der Waals surface area contributed by atoms with Gasteiger partial charge in [-0.15, -0.1) is 0 Å². The van der Waals surface area contributed by atoms with Crippen LogP contribution in [0.4, 0.5) is 5.82 Å². The zero-order valence-electron chi connectivity index (χ0n) is 8.96. The molecular weight excluding hydrogens is 174 g/mol. The van der Waals surface area contributed by atoms with Crippen LogP contribution in [0.15, 0.2) is 18.2 Å². The second-order valence-electron chi connectivity index (χ2n) is 2.97. The van der Waals surface area contributed by atoms with E-state index in [9.17, 15) is 0 Å². The fourth-order valence-corrected chi connectivity index (χ4v) is 1.30. The fraction of sp³-hybridized carbons (Fsp3) is 0.364. The first-order valence-corrected chi connectivity index (χ1v) is 4.87. The first-order valence-electron chi connectivity index (χ1n) is 4.87. The highest BCUT2D eigenvalue weighted by Crippen LogP contribution is 2.12. The Morgan fingerprint density at radius 3 is 2.79 bits per heavy atom. The lowest BCUT2D eigenvalue weighted by Gasteiger charge is -2.07. The van der Waals surface area contributed by atoms with E-state index in [1.165, 1.54) is 5.56 Å². The zero-order valence-corrected chi connectivity index (χ0v) is 8.96. The lowest BCUT2D eigenvalue weighted by molar-refractivity contribution is 0.958. The summed E-state index contributed by atoms with van der Waals surface area (Å²) in [6, 6.07) is 4.07. The lowest BCUT2D eigenvalue weighted by atomic mass is 10.1. The summed E-state index contributed by atoms with van der Waals surface area (Å²) < 4.78 is 0. The van der Waals surface area contributed by atoms with Crippen molar-refractivity contribution in [1.29, 1.82) is 0 Å².